The zero-order chi connectivity index (χ0) is 11.9. The van der Waals surface area contributed by atoms with E-state index in [9.17, 15) is 13.2 Å². The summed E-state index contributed by atoms with van der Waals surface area (Å²) in [5, 5.41) is 3.68. The molecule has 0 fully saturated rings. The highest BCUT2D eigenvalue weighted by Gasteiger charge is 2.35. The van der Waals surface area contributed by atoms with Crippen molar-refractivity contribution in [1.82, 2.24) is 14.6 Å². The molecule has 0 bridgehead atoms. The summed E-state index contributed by atoms with van der Waals surface area (Å²) in [6, 6.07) is 0.777. The second-order valence-electron chi connectivity index (χ2n) is 3.32. The average Bonchev–Trinajstić information content (AvgIpc) is 2.57. The van der Waals surface area contributed by atoms with Crippen molar-refractivity contribution in [2.24, 2.45) is 0 Å². The summed E-state index contributed by atoms with van der Waals surface area (Å²) in [4.78, 5) is 3.86. The van der Waals surface area contributed by atoms with Crippen LogP contribution in [0.15, 0.2) is 12.3 Å². The Labute approximate surface area is 88.9 Å². The molecule has 7 heteroatoms. The van der Waals surface area contributed by atoms with Gasteiger partial charge >= 0.3 is 6.18 Å². The van der Waals surface area contributed by atoms with Crippen LogP contribution < -0.4 is 5.73 Å². The summed E-state index contributed by atoms with van der Waals surface area (Å²) >= 11 is 0. The fraction of sp³-hybridized carbons (Fsp3) is 0.333. The van der Waals surface area contributed by atoms with E-state index in [-0.39, 0.29) is 11.5 Å². The fourth-order valence-electron chi connectivity index (χ4n) is 1.48. The van der Waals surface area contributed by atoms with Crippen molar-refractivity contribution in [3.63, 3.8) is 0 Å². The van der Waals surface area contributed by atoms with Crippen molar-refractivity contribution in [2.75, 3.05) is 5.73 Å². The van der Waals surface area contributed by atoms with Crippen molar-refractivity contribution < 1.29 is 13.2 Å². The molecule has 0 unspecified atom stereocenters. The highest BCUT2D eigenvalue weighted by molar-refractivity contribution is 5.52. The maximum atomic E-state index is 12.7. The lowest BCUT2D eigenvalue weighted by atomic mass is 10.2. The van der Waals surface area contributed by atoms with Gasteiger partial charge in [0.1, 0.15) is 5.82 Å². The van der Waals surface area contributed by atoms with Crippen LogP contribution >= 0.6 is 0 Å². The van der Waals surface area contributed by atoms with Gasteiger partial charge in [-0.2, -0.15) is 18.3 Å². The van der Waals surface area contributed by atoms with E-state index in [1.54, 1.807) is 0 Å². The Morgan fingerprint density at radius 3 is 2.69 bits per heavy atom. The number of alkyl halides is 3. The first kappa shape index (κ1) is 10.7. The zero-order valence-corrected chi connectivity index (χ0v) is 8.41. The quantitative estimate of drug-likeness (QED) is 0.813. The second-order valence-corrected chi connectivity index (χ2v) is 3.32. The molecule has 0 amide bonds. The molecule has 0 atom stereocenters. The van der Waals surface area contributed by atoms with Crippen LogP contribution in [0.1, 0.15) is 18.2 Å². The predicted molar refractivity (Wildman–Crippen MR) is 51.8 cm³/mol. The summed E-state index contributed by atoms with van der Waals surface area (Å²) in [5.74, 6) is -0.157. The third-order valence-electron chi connectivity index (χ3n) is 2.24. The number of aromatic nitrogens is 3. The molecule has 2 aromatic rings. The number of fused-ring (bicyclic) bond motifs is 1. The third kappa shape index (κ3) is 1.58. The first-order valence-electron chi connectivity index (χ1n) is 4.63. The van der Waals surface area contributed by atoms with Crippen LogP contribution in [0.25, 0.3) is 5.65 Å². The predicted octanol–water partition coefficient (Wildman–Crippen LogP) is 1.89. The van der Waals surface area contributed by atoms with Crippen molar-refractivity contribution in [3.8, 4) is 0 Å². The van der Waals surface area contributed by atoms with Gasteiger partial charge < -0.3 is 5.73 Å². The van der Waals surface area contributed by atoms with E-state index < -0.39 is 11.9 Å². The number of nitrogens with two attached hydrogens (primary N) is 1. The molecule has 0 radical (unpaired) electrons. The second kappa shape index (κ2) is 3.36. The Morgan fingerprint density at radius 2 is 2.12 bits per heavy atom. The highest BCUT2D eigenvalue weighted by atomic mass is 19.4. The summed E-state index contributed by atoms with van der Waals surface area (Å²) in [6.45, 7) is 1.81. The monoisotopic (exact) mass is 230 g/mol. The molecule has 2 heterocycles. The molecule has 0 saturated heterocycles. The Hall–Kier alpha value is -1.79. The van der Waals surface area contributed by atoms with Crippen LogP contribution in [0, 0.1) is 0 Å². The van der Waals surface area contributed by atoms with Crippen LogP contribution in [-0.4, -0.2) is 14.6 Å². The molecule has 0 spiro atoms. The van der Waals surface area contributed by atoms with Gasteiger partial charge in [0, 0.05) is 11.6 Å². The molecular formula is C9H9F3N4. The number of rotatable bonds is 1. The topological polar surface area (TPSA) is 56.2 Å². The van der Waals surface area contributed by atoms with Crippen molar-refractivity contribution in [2.45, 2.75) is 19.5 Å². The third-order valence-corrected chi connectivity index (χ3v) is 2.24. The van der Waals surface area contributed by atoms with Gasteiger partial charge in [-0.1, -0.05) is 6.92 Å². The van der Waals surface area contributed by atoms with E-state index in [4.69, 9.17) is 5.73 Å². The van der Waals surface area contributed by atoms with Crippen molar-refractivity contribution in [3.05, 3.63) is 23.5 Å². The first-order chi connectivity index (χ1) is 7.43. The Bertz CT molecular complexity index is 529. The summed E-state index contributed by atoms with van der Waals surface area (Å²) in [7, 11) is 0. The first-order valence-corrected chi connectivity index (χ1v) is 4.63. The van der Waals surface area contributed by atoms with Gasteiger partial charge in [0.2, 0.25) is 0 Å². The summed E-state index contributed by atoms with van der Waals surface area (Å²) in [5.41, 5.74) is 5.24. The van der Waals surface area contributed by atoms with Gasteiger partial charge in [-0.25, -0.2) is 9.50 Å². The minimum Gasteiger partial charge on any atom is -0.384 e. The van der Waals surface area contributed by atoms with E-state index in [2.05, 4.69) is 10.1 Å². The molecule has 16 heavy (non-hydrogen) atoms. The van der Waals surface area contributed by atoms with Crippen LogP contribution in [0.5, 0.6) is 0 Å². The molecule has 2 rings (SSSR count). The largest absolute Gasteiger partial charge is 0.433 e. The smallest absolute Gasteiger partial charge is 0.384 e. The summed E-state index contributed by atoms with van der Waals surface area (Å²) < 4.78 is 38.8. The van der Waals surface area contributed by atoms with E-state index in [1.807, 2.05) is 6.92 Å². The van der Waals surface area contributed by atoms with E-state index in [0.717, 1.165) is 10.6 Å². The molecule has 0 aliphatic rings. The molecule has 0 aromatic carbocycles. The number of hydrogen-bond acceptors (Lipinski definition) is 3. The zero-order valence-electron chi connectivity index (χ0n) is 8.41. The molecule has 0 saturated carbocycles. The van der Waals surface area contributed by atoms with E-state index >= 15 is 0 Å². The summed E-state index contributed by atoms with van der Waals surface area (Å²) in [6.07, 6.45) is -2.57. The molecular weight excluding hydrogens is 221 g/mol. The Morgan fingerprint density at radius 1 is 1.44 bits per heavy atom. The highest BCUT2D eigenvalue weighted by Crippen LogP contribution is 2.30. The molecule has 0 aliphatic heterocycles. The Balaban J connectivity index is 2.80. The molecule has 2 N–H and O–H groups in total. The number of nitrogen functional groups attached to an aromatic ring is 1. The molecule has 4 nitrogen and oxygen atoms in total. The number of nitrogens with zero attached hydrogens (tertiary/aromatic N) is 3. The van der Waals surface area contributed by atoms with Crippen molar-refractivity contribution in [1.29, 1.82) is 0 Å². The van der Waals surface area contributed by atoms with Crippen LogP contribution in [0.2, 0.25) is 0 Å². The molecule has 0 aliphatic carbocycles. The Kier molecular flexibility index (Phi) is 2.25. The maximum absolute atomic E-state index is 12.7. The molecule has 86 valence electrons. The maximum Gasteiger partial charge on any atom is 0.433 e. The average molecular weight is 230 g/mol. The van der Waals surface area contributed by atoms with Gasteiger partial charge in [-0.05, 0) is 6.42 Å². The number of hydrogen-bond donors (Lipinski definition) is 1. The minimum absolute atomic E-state index is 0.157. The van der Waals surface area contributed by atoms with Gasteiger partial charge in [-0.3, -0.25) is 0 Å². The van der Waals surface area contributed by atoms with E-state index in [0.29, 0.717) is 12.0 Å². The normalized spacial score (nSPS) is 12.2. The fourth-order valence-corrected chi connectivity index (χ4v) is 1.48. The number of halogens is 3. The van der Waals surface area contributed by atoms with Gasteiger partial charge in [0.15, 0.2) is 11.3 Å². The van der Waals surface area contributed by atoms with Gasteiger partial charge in [0.25, 0.3) is 0 Å². The lowest BCUT2D eigenvalue weighted by Crippen LogP contribution is -2.14. The standard InChI is InChI=1S/C9H9F3N4/c1-2-5-4-14-16-6(9(10,11)12)3-7(13)15-8(5)16/h3-4H,2H2,1H3,(H2,13,15). The van der Waals surface area contributed by atoms with Crippen LogP contribution in [0.3, 0.4) is 0 Å². The van der Waals surface area contributed by atoms with Crippen LogP contribution in [-0.2, 0) is 12.6 Å². The lowest BCUT2D eigenvalue weighted by molar-refractivity contribution is -0.142. The molecule has 2 aromatic heterocycles. The SMILES string of the molecule is CCc1cnn2c(C(F)(F)F)cc(N)nc12. The van der Waals surface area contributed by atoms with Crippen molar-refractivity contribution >= 4 is 11.5 Å². The van der Waals surface area contributed by atoms with E-state index in [1.165, 1.54) is 6.20 Å². The van der Waals surface area contributed by atoms with Gasteiger partial charge in [0.05, 0.1) is 6.20 Å². The lowest BCUT2D eigenvalue weighted by Gasteiger charge is -2.09. The number of anilines is 1. The van der Waals surface area contributed by atoms with Gasteiger partial charge in [-0.15, -0.1) is 0 Å². The number of aryl methyl sites for hydroxylation is 1. The minimum atomic E-state index is -4.49. The van der Waals surface area contributed by atoms with Crippen LogP contribution in [0.4, 0.5) is 19.0 Å².